The third-order valence-electron chi connectivity index (χ3n) is 2.83. The largest absolute Gasteiger partial charge is 0.461 e. The second kappa shape index (κ2) is 6.27. The van der Waals surface area contributed by atoms with E-state index in [1.54, 1.807) is 11.0 Å². The molecule has 21 heavy (non-hydrogen) atoms. The molecule has 116 valence electrons. The first kappa shape index (κ1) is 16.2. The number of rotatable bonds is 4. The average molecular weight is 340 g/mol. The number of nitrogens with zero attached hydrogens (tertiary/aromatic N) is 1. The number of thioether (sulfide) groups is 1. The topological polar surface area (TPSA) is 38.5 Å². The third-order valence-corrected chi connectivity index (χ3v) is 4.32. The fourth-order valence-electron chi connectivity index (χ4n) is 1.91. The smallest absolute Gasteiger partial charge is 0.428 e. The number of benzene rings is 1. The van der Waals surface area contributed by atoms with Crippen molar-refractivity contribution in [1.29, 1.82) is 0 Å². The monoisotopic (exact) mass is 340 g/mol. The van der Waals surface area contributed by atoms with Gasteiger partial charge in [0.2, 0.25) is 0 Å². The lowest BCUT2D eigenvalue weighted by Gasteiger charge is -2.25. The second-order valence-electron chi connectivity index (χ2n) is 4.29. The molecular weight excluding hydrogens is 328 g/mol. The Balaban J connectivity index is 2.20. The summed E-state index contributed by atoms with van der Waals surface area (Å²) in [7, 11) is 0. The Morgan fingerprint density at radius 3 is 2.81 bits per heavy atom. The van der Waals surface area contributed by atoms with Crippen molar-refractivity contribution in [2.24, 2.45) is 5.73 Å². The van der Waals surface area contributed by atoms with Gasteiger partial charge in [0.25, 0.3) is 0 Å². The highest BCUT2D eigenvalue weighted by Gasteiger charge is 2.44. The van der Waals surface area contributed by atoms with Crippen molar-refractivity contribution in [2.45, 2.75) is 17.9 Å². The van der Waals surface area contributed by atoms with Crippen LogP contribution in [-0.4, -0.2) is 34.8 Å². The van der Waals surface area contributed by atoms with Crippen LogP contribution in [0, 0.1) is 0 Å². The van der Waals surface area contributed by atoms with E-state index in [9.17, 15) is 17.6 Å². The van der Waals surface area contributed by atoms with Gasteiger partial charge in [0.15, 0.2) is 5.11 Å². The standard InChI is InChI=1S/C12H12F4N2OS2/c13-10(14)12(15,16)19-8-3-1-2-7(6-8)9-18(11(17)20)4-5-21-9/h1-3,6,9-10H,4-5H2,(H2,17,20). The number of hydrogen-bond acceptors (Lipinski definition) is 3. The van der Waals surface area contributed by atoms with Gasteiger partial charge in [0.05, 0.1) is 0 Å². The van der Waals surface area contributed by atoms with Crippen LogP contribution in [0.5, 0.6) is 5.75 Å². The first-order valence-corrected chi connectivity index (χ1v) is 7.39. The van der Waals surface area contributed by atoms with Crippen LogP contribution in [0.25, 0.3) is 0 Å². The summed E-state index contributed by atoms with van der Waals surface area (Å²) in [5.74, 6) is 0.452. The van der Waals surface area contributed by atoms with E-state index in [2.05, 4.69) is 4.74 Å². The first-order valence-electron chi connectivity index (χ1n) is 5.94. The van der Waals surface area contributed by atoms with E-state index in [0.29, 0.717) is 12.1 Å². The molecule has 9 heteroatoms. The Morgan fingerprint density at radius 2 is 2.19 bits per heavy atom. The maximum Gasteiger partial charge on any atom is 0.461 e. The molecule has 1 aliphatic heterocycles. The molecule has 1 unspecified atom stereocenters. The zero-order valence-electron chi connectivity index (χ0n) is 10.6. The summed E-state index contributed by atoms with van der Waals surface area (Å²) in [5.41, 5.74) is 6.22. The van der Waals surface area contributed by atoms with E-state index >= 15 is 0 Å². The quantitative estimate of drug-likeness (QED) is 0.673. The Labute approximate surface area is 128 Å². The lowest BCUT2D eigenvalue weighted by molar-refractivity contribution is -0.253. The molecule has 1 aromatic rings. The third kappa shape index (κ3) is 3.70. The fourth-order valence-corrected chi connectivity index (χ4v) is 3.43. The van der Waals surface area contributed by atoms with Gasteiger partial charge in [-0.1, -0.05) is 12.1 Å². The highest BCUT2D eigenvalue weighted by Crippen LogP contribution is 2.39. The molecule has 2 rings (SSSR count). The second-order valence-corrected chi connectivity index (χ2v) is 5.90. The summed E-state index contributed by atoms with van der Waals surface area (Å²) in [4.78, 5) is 1.74. The molecule has 0 spiro atoms. The maximum absolute atomic E-state index is 12.9. The first-order chi connectivity index (χ1) is 9.81. The van der Waals surface area contributed by atoms with Crippen molar-refractivity contribution in [3.05, 3.63) is 29.8 Å². The summed E-state index contributed by atoms with van der Waals surface area (Å²) in [6.45, 7) is 0.642. The summed E-state index contributed by atoms with van der Waals surface area (Å²) < 4.78 is 54.2. The minimum atomic E-state index is -4.52. The van der Waals surface area contributed by atoms with Gasteiger partial charge in [-0.25, -0.2) is 0 Å². The van der Waals surface area contributed by atoms with Crippen molar-refractivity contribution in [2.75, 3.05) is 12.3 Å². The predicted octanol–water partition coefficient (Wildman–Crippen LogP) is 3.21. The molecule has 0 saturated carbocycles. The number of nitrogens with two attached hydrogens (primary N) is 1. The van der Waals surface area contributed by atoms with Gasteiger partial charge in [-0.05, 0) is 29.9 Å². The molecule has 3 nitrogen and oxygen atoms in total. The van der Waals surface area contributed by atoms with E-state index in [1.807, 2.05) is 0 Å². The zero-order valence-corrected chi connectivity index (χ0v) is 12.3. The summed E-state index contributed by atoms with van der Waals surface area (Å²) >= 11 is 6.46. The number of thiocarbonyl (C=S) groups is 1. The number of alkyl halides is 4. The molecule has 2 N–H and O–H groups in total. The van der Waals surface area contributed by atoms with E-state index in [0.717, 1.165) is 5.75 Å². The van der Waals surface area contributed by atoms with Gasteiger partial charge in [-0.15, -0.1) is 11.8 Å². The maximum atomic E-state index is 12.9. The van der Waals surface area contributed by atoms with Gasteiger partial charge in [-0.3, -0.25) is 0 Å². The van der Waals surface area contributed by atoms with Crippen molar-refractivity contribution in [1.82, 2.24) is 4.90 Å². The molecule has 0 amide bonds. The molecule has 1 aliphatic rings. The van der Waals surface area contributed by atoms with Crippen LogP contribution in [0.1, 0.15) is 10.9 Å². The van der Waals surface area contributed by atoms with E-state index < -0.39 is 12.5 Å². The summed E-state index contributed by atoms with van der Waals surface area (Å²) in [6, 6.07) is 5.64. The van der Waals surface area contributed by atoms with Crippen molar-refractivity contribution in [3.8, 4) is 5.75 Å². The molecule has 0 aliphatic carbocycles. The van der Waals surface area contributed by atoms with Gasteiger partial charge in [-0.2, -0.15) is 17.6 Å². The summed E-state index contributed by atoms with van der Waals surface area (Å²) in [6.07, 6.45) is -8.42. The minimum Gasteiger partial charge on any atom is -0.428 e. The Hall–Kier alpha value is -1.22. The number of halogens is 4. The van der Waals surface area contributed by atoms with Crippen LogP contribution < -0.4 is 10.5 Å². The molecule has 0 radical (unpaired) electrons. The van der Waals surface area contributed by atoms with Crippen LogP contribution in [0.15, 0.2) is 24.3 Å². The minimum absolute atomic E-state index is 0.203. The molecule has 0 bridgehead atoms. The molecule has 1 fully saturated rings. The average Bonchev–Trinajstić information content (AvgIpc) is 2.87. The van der Waals surface area contributed by atoms with Crippen LogP contribution in [-0.2, 0) is 0 Å². The van der Waals surface area contributed by atoms with E-state index in [-0.39, 0.29) is 16.2 Å². The normalized spacial score (nSPS) is 19.1. The fraction of sp³-hybridized carbons (Fsp3) is 0.417. The van der Waals surface area contributed by atoms with Crippen LogP contribution >= 0.6 is 24.0 Å². The molecule has 1 aromatic carbocycles. The van der Waals surface area contributed by atoms with Crippen LogP contribution in [0.2, 0.25) is 0 Å². The highest BCUT2D eigenvalue weighted by molar-refractivity contribution is 7.99. The summed E-state index contributed by atoms with van der Waals surface area (Å²) in [5, 5.41) is -0.0274. The van der Waals surface area contributed by atoms with Gasteiger partial charge in [0, 0.05) is 12.3 Å². The van der Waals surface area contributed by atoms with Gasteiger partial charge < -0.3 is 15.4 Å². The predicted molar refractivity (Wildman–Crippen MR) is 76.7 cm³/mol. The SMILES string of the molecule is NC(=S)N1CCSC1c1cccc(OC(F)(F)C(F)F)c1. The van der Waals surface area contributed by atoms with E-state index in [1.165, 1.54) is 30.0 Å². The van der Waals surface area contributed by atoms with Crippen molar-refractivity contribution in [3.63, 3.8) is 0 Å². The van der Waals surface area contributed by atoms with E-state index in [4.69, 9.17) is 18.0 Å². The van der Waals surface area contributed by atoms with Crippen molar-refractivity contribution >= 4 is 29.1 Å². The molecule has 0 aromatic heterocycles. The number of ether oxygens (including phenoxy) is 1. The lowest BCUT2D eigenvalue weighted by atomic mass is 10.2. The van der Waals surface area contributed by atoms with Gasteiger partial charge in [0.1, 0.15) is 11.1 Å². The van der Waals surface area contributed by atoms with Crippen LogP contribution in [0.4, 0.5) is 17.6 Å². The zero-order chi connectivity index (χ0) is 15.6. The Bertz CT molecular complexity index is 530. The van der Waals surface area contributed by atoms with Crippen molar-refractivity contribution < 1.29 is 22.3 Å². The Morgan fingerprint density at radius 1 is 1.48 bits per heavy atom. The molecule has 1 saturated heterocycles. The Kier molecular flexibility index (Phi) is 4.82. The molecular formula is C12H12F4N2OS2. The molecule has 1 heterocycles. The van der Waals surface area contributed by atoms with Gasteiger partial charge >= 0.3 is 12.5 Å². The lowest BCUT2D eigenvalue weighted by Crippen LogP contribution is -2.35. The highest BCUT2D eigenvalue weighted by atomic mass is 32.2. The number of hydrogen-bond donors (Lipinski definition) is 1. The molecule has 1 atom stereocenters. The van der Waals surface area contributed by atoms with Crippen LogP contribution in [0.3, 0.4) is 0 Å².